The second kappa shape index (κ2) is 19.7. The quantitative estimate of drug-likeness (QED) is 0.184. The van der Waals surface area contributed by atoms with E-state index in [4.69, 9.17) is 5.73 Å². The number of likely N-dealkylation sites (N-methyl/N-ethyl adjacent to an activating group) is 1. The van der Waals surface area contributed by atoms with Gasteiger partial charge in [-0.15, -0.1) is 0 Å². The monoisotopic (exact) mass is 637 g/mol. The van der Waals surface area contributed by atoms with Crippen LogP contribution in [-0.2, 0) is 24.0 Å². The minimum atomic E-state index is -1.28. The zero-order chi connectivity index (χ0) is 33.5. The summed E-state index contributed by atoms with van der Waals surface area (Å²) in [5.74, 6) is -2.52. The van der Waals surface area contributed by atoms with Crippen molar-refractivity contribution >= 4 is 29.5 Å². The number of aliphatic hydroxyl groups excluding tert-OH is 1. The van der Waals surface area contributed by atoms with Crippen LogP contribution in [0.2, 0.25) is 0 Å². The molecule has 0 spiro atoms. The fourth-order valence-corrected chi connectivity index (χ4v) is 6.11. The molecule has 1 saturated carbocycles. The molecule has 2 fully saturated rings. The number of hydrogen-bond acceptors (Lipinski definition) is 8. The van der Waals surface area contributed by atoms with Crippen LogP contribution in [-0.4, -0.2) is 114 Å². The minimum Gasteiger partial charge on any atom is -0.391 e. The highest BCUT2D eigenvalue weighted by Gasteiger charge is 2.37. The molecule has 13 nitrogen and oxygen atoms in total. The van der Waals surface area contributed by atoms with Gasteiger partial charge in [-0.1, -0.05) is 59.3 Å². The van der Waals surface area contributed by atoms with Crippen LogP contribution < -0.4 is 27.0 Å². The summed E-state index contributed by atoms with van der Waals surface area (Å²) in [6, 6.07) is -4.19. The van der Waals surface area contributed by atoms with Crippen LogP contribution in [0.5, 0.6) is 0 Å². The van der Waals surface area contributed by atoms with Crippen molar-refractivity contribution < 1.29 is 29.1 Å². The Balaban J connectivity index is 2.46. The van der Waals surface area contributed by atoms with Gasteiger partial charge in [0.2, 0.25) is 29.5 Å². The number of nitrogens with two attached hydrogens (primary N) is 1. The fraction of sp³-hybridized carbons (Fsp3) is 0.844. The van der Waals surface area contributed by atoms with Crippen LogP contribution >= 0.6 is 0 Å². The van der Waals surface area contributed by atoms with E-state index in [9.17, 15) is 29.1 Å². The van der Waals surface area contributed by atoms with Gasteiger partial charge in [-0.2, -0.15) is 0 Å². The normalized spacial score (nSPS) is 26.8. The van der Waals surface area contributed by atoms with Crippen molar-refractivity contribution in [3.63, 3.8) is 0 Å². The van der Waals surface area contributed by atoms with Gasteiger partial charge in [0.15, 0.2) is 0 Å². The molecule has 1 unspecified atom stereocenters. The fourth-order valence-electron chi connectivity index (χ4n) is 6.11. The third-order valence-corrected chi connectivity index (χ3v) is 8.91. The number of nitrogens with zero attached hydrogens (tertiary/aromatic N) is 2. The molecular formula is C32H59N7O6. The molecule has 0 aromatic heterocycles. The summed E-state index contributed by atoms with van der Waals surface area (Å²) in [4.78, 5) is 71.0. The van der Waals surface area contributed by atoms with Crippen molar-refractivity contribution in [2.45, 2.75) is 122 Å². The molecule has 1 aliphatic heterocycles. The summed E-state index contributed by atoms with van der Waals surface area (Å²) in [7, 11) is 1.63. The molecule has 45 heavy (non-hydrogen) atoms. The average molecular weight is 638 g/mol. The lowest BCUT2D eigenvalue weighted by molar-refractivity contribution is -0.142. The molecule has 2 rings (SSSR count). The molecule has 0 radical (unpaired) electrons. The summed E-state index contributed by atoms with van der Waals surface area (Å²) >= 11 is 0. The van der Waals surface area contributed by atoms with E-state index >= 15 is 0 Å². The van der Waals surface area contributed by atoms with Gasteiger partial charge < -0.3 is 37.0 Å². The topological polar surface area (TPSA) is 186 Å². The molecule has 5 atom stereocenters. The lowest BCUT2D eigenvalue weighted by Crippen LogP contribution is -2.62. The van der Waals surface area contributed by atoms with Crippen LogP contribution in [0.3, 0.4) is 0 Å². The number of rotatable bonds is 10. The predicted molar refractivity (Wildman–Crippen MR) is 173 cm³/mol. The van der Waals surface area contributed by atoms with Crippen molar-refractivity contribution in [2.75, 3.05) is 39.8 Å². The largest absolute Gasteiger partial charge is 0.391 e. The van der Waals surface area contributed by atoms with Gasteiger partial charge in [-0.25, -0.2) is 0 Å². The highest BCUT2D eigenvalue weighted by atomic mass is 16.3. The van der Waals surface area contributed by atoms with Crippen molar-refractivity contribution in [1.82, 2.24) is 31.1 Å². The number of nitrogens with one attached hydrogen (secondary N) is 4. The van der Waals surface area contributed by atoms with E-state index in [1.54, 1.807) is 7.05 Å². The summed E-state index contributed by atoms with van der Waals surface area (Å²) < 4.78 is 0. The van der Waals surface area contributed by atoms with E-state index in [0.29, 0.717) is 19.5 Å². The number of carbonyl (C=O) groups is 5. The molecule has 1 heterocycles. The zero-order valence-electron chi connectivity index (χ0n) is 28.1. The number of carbonyl (C=O) groups excluding carboxylic acids is 5. The van der Waals surface area contributed by atoms with Gasteiger partial charge >= 0.3 is 0 Å². The maximum Gasteiger partial charge on any atom is 0.245 e. The van der Waals surface area contributed by atoms with Crippen LogP contribution in [0.25, 0.3) is 0 Å². The van der Waals surface area contributed by atoms with Crippen molar-refractivity contribution in [3.8, 4) is 0 Å². The Kier molecular flexibility index (Phi) is 16.8. The zero-order valence-corrected chi connectivity index (χ0v) is 28.1. The molecule has 13 heteroatoms. The van der Waals surface area contributed by atoms with Crippen molar-refractivity contribution in [3.05, 3.63) is 0 Å². The molecule has 258 valence electrons. The molecule has 2 aliphatic rings. The first-order valence-corrected chi connectivity index (χ1v) is 16.9. The smallest absolute Gasteiger partial charge is 0.245 e. The minimum absolute atomic E-state index is 0.0572. The van der Waals surface area contributed by atoms with E-state index < -0.39 is 53.9 Å². The van der Waals surface area contributed by atoms with Gasteiger partial charge in [0.1, 0.15) is 24.2 Å². The van der Waals surface area contributed by atoms with E-state index in [0.717, 1.165) is 57.8 Å². The third-order valence-electron chi connectivity index (χ3n) is 8.91. The highest BCUT2D eigenvalue weighted by Crippen LogP contribution is 2.27. The molecule has 1 saturated heterocycles. The standard InChI is InChI=1S/C32H59N7O6/c1-6-7-8-12-16-39-17-15-34-31(44)27(22(4)40)36-29(42)24(19-33)35-32(45)28(23-13-10-9-11-14-23)37-30(43)25(18-21(2)3)38(5)26(41)20-39/h21-25,27-28,40H,6-20,33H2,1-5H3,(H,34,44)(H,35,45)(H,36,42)(H,37,43)/t22-,24-,25-,27-,28?/m0/s1. The van der Waals surface area contributed by atoms with Crippen molar-refractivity contribution in [2.24, 2.45) is 17.6 Å². The van der Waals surface area contributed by atoms with Crippen LogP contribution in [0.15, 0.2) is 0 Å². The average Bonchev–Trinajstić information content (AvgIpc) is 3.00. The molecule has 0 bridgehead atoms. The second-order valence-corrected chi connectivity index (χ2v) is 13.2. The Morgan fingerprint density at radius 3 is 2.18 bits per heavy atom. The Bertz CT molecular complexity index is 972. The number of unbranched alkanes of at least 4 members (excludes halogenated alkanes) is 3. The maximum absolute atomic E-state index is 13.9. The Morgan fingerprint density at radius 1 is 0.889 bits per heavy atom. The third kappa shape index (κ3) is 12.5. The predicted octanol–water partition coefficient (Wildman–Crippen LogP) is 0.246. The van der Waals surface area contributed by atoms with E-state index in [1.807, 2.05) is 18.7 Å². The summed E-state index contributed by atoms with van der Waals surface area (Å²) in [5.41, 5.74) is 5.89. The molecule has 5 amide bonds. The molecule has 7 N–H and O–H groups in total. The lowest BCUT2D eigenvalue weighted by atomic mass is 9.83. The first-order valence-electron chi connectivity index (χ1n) is 16.9. The first-order chi connectivity index (χ1) is 21.4. The van der Waals surface area contributed by atoms with Crippen LogP contribution in [0.1, 0.15) is 91.9 Å². The second-order valence-electron chi connectivity index (χ2n) is 13.2. The van der Waals surface area contributed by atoms with Gasteiger partial charge in [0.25, 0.3) is 0 Å². The van der Waals surface area contributed by atoms with Gasteiger partial charge in [0, 0.05) is 26.7 Å². The Labute approximate surface area is 269 Å². The van der Waals surface area contributed by atoms with Gasteiger partial charge in [-0.3, -0.25) is 28.9 Å². The van der Waals surface area contributed by atoms with E-state index in [2.05, 4.69) is 28.2 Å². The maximum atomic E-state index is 13.9. The molecule has 0 aromatic rings. The lowest BCUT2D eigenvalue weighted by Gasteiger charge is -2.35. The number of hydrogen-bond donors (Lipinski definition) is 6. The molecular weight excluding hydrogens is 578 g/mol. The Hall–Kier alpha value is -2.77. The van der Waals surface area contributed by atoms with Crippen molar-refractivity contribution in [1.29, 1.82) is 0 Å². The SMILES string of the molecule is CCCCCCN1CCNC(=O)[C@H]([C@H](C)O)NC(=O)[C@H](CN)NC(=O)C(C2CCCCC2)NC(=O)[C@H](CC(C)C)N(C)C(=O)C1. The summed E-state index contributed by atoms with van der Waals surface area (Å²) in [6.07, 6.45) is 7.55. The first kappa shape index (κ1) is 38.4. The molecule has 0 aromatic carbocycles. The van der Waals surface area contributed by atoms with E-state index in [1.165, 1.54) is 11.8 Å². The number of aliphatic hydroxyl groups is 1. The van der Waals surface area contributed by atoms with Crippen LogP contribution in [0, 0.1) is 11.8 Å². The van der Waals surface area contributed by atoms with Gasteiger partial charge in [-0.05, 0) is 51.0 Å². The number of amides is 5. The highest BCUT2D eigenvalue weighted by molar-refractivity contribution is 5.96. The Morgan fingerprint density at radius 2 is 1.58 bits per heavy atom. The summed E-state index contributed by atoms with van der Waals surface area (Å²) in [6.45, 7) is 8.47. The van der Waals surface area contributed by atoms with Crippen LogP contribution in [0.4, 0.5) is 0 Å². The summed E-state index contributed by atoms with van der Waals surface area (Å²) in [5, 5.41) is 21.3. The molecule has 1 aliphatic carbocycles. The van der Waals surface area contributed by atoms with Gasteiger partial charge in [0.05, 0.1) is 12.6 Å². The van der Waals surface area contributed by atoms with E-state index in [-0.39, 0.29) is 37.4 Å².